The van der Waals surface area contributed by atoms with Gasteiger partial charge in [-0.05, 0) is 39.8 Å². The summed E-state index contributed by atoms with van der Waals surface area (Å²) in [5.41, 5.74) is 5.47. The summed E-state index contributed by atoms with van der Waals surface area (Å²) in [7, 11) is 1.89. The average molecular weight is 241 g/mol. The number of hydrogen-bond donors (Lipinski definition) is 1. The highest BCUT2D eigenvalue weighted by atomic mass is 16.2. The molecule has 1 aliphatic heterocycles. The molecule has 1 unspecified atom stereocenters. The second-order valence-electron chi connectivity index (χ2n) is 5.86. The van der Waals surface area contributed by atoms with Crippen LogP contribution in [0.15, 0.2) is 0 Å². The van der Waals surface area contributed by atoms with Crippen LogP contribution in [0, 0.1) is 0 Å². The maximum absolute atomic E-state index is 12.0. The van der Waals surface area contributed by atoms with Gasteiger partial charge in [-0.1, -0.05) is 6.92 Å². The van der Waals surface area contributed by atoms with Gasteiger partial charge in [0.2, 0.25) is 5.91 Å². The first-order valence-corrected chi connectivity index (χ1v) is 6.60. The molecule has 1 amide bonds. The van der Waals surface area contributed by atoms with Gasteiger partial charge in [-0.3, -0.25) is 9.69 Å². The van der Waals surface area contributed by atoms with E-state index in [1.807, 2.05) is 25.8 Å². The van der Waals surface area contributed by atoms with Crippen LogP contribution in [-0.4, -0.2) is 54.0 Å². The quantitative estimate of drug-likeness (QED) is 0.783. The third-order valence-corrected chi connectivity index (χ3v) is 3.42. The van der Waals surface area contributed by atoms with E-state index in [0.29, 0.717) is 12.5 Å². The highest BCUT2D eigenvalue weighted by Gasteiger charge is 2.26. The van der Waals surface area contributed by atoms with E-state index in [1.54, 1.807) is 0 Å². The van der Waals surface area contributed by atoms with Crippen molar-refractivity contribution in [3.8, 4) is 0 Å². The lowest BCUT2D eigenvalue weighted by Crippen LogP contribution is -2.44. The number of rotatable bonds is 5. The molecule has 0 saturated carbocycles. The van der Waals surface area contributed by atoms with Crippen LogP contribution in [0.25, 0.3) is 0 Å². The summed E-state index contributed by atoms with van der Waals surface area (Å²) < 4.78 is 0. The number of amides is 1. The molecule has 1 rings (SSSR count). The molecule has 0 radical (unpaired) electrons. The zero-order valence-corrected chi connectivity index (χ0v) is 11.7. The Morgan fingerprint density at radius 2 is 2.18 bits per heavy atom. The summed E-state index contributed by atoms with van der Waals surface area (Å²) in [5, 5.41) is 0. The van der Waals surface area contributed by atoms with E-state index in [4.69, 9.17) is 5.73 Å². The molecule has 1 atom stereocenters. The van der Waals surface area contributed by atoms with Crippen molar-refractivity contribution in [3.63, 3.8) is 0 Å². The molecule has 2 N–H and O–H groups in total. The van der Waals surface area contributed by atoms with Gasteiger partial charge in [0, 0.05) is 31.6 Å². The van der Waals surface area contributed by atoms with Crippen molar-refractivity contribution < 1.29 is 4.79 Å². The first-order chi connectivity index (χ1) is 7.83. The molecule has 4 heteroatoms. The van der Waals surface area contributed by atoms with E-state index >= 15 is 0 Å². The predicted molar refractivity (Wildman–Crippen MR) is 70.8 cm³/mol. The molecule has 1 saturated heterocycles. The Morgan fingerprint density at radius 1 is 1.53 bits per heavy atom. The molecule has 0 aliphatic carbocycles. The fourth-order valence-electron chi connectivity index (χ4n) is 2.46. The number of carbonyl (C=O) groups excluding carboxylic acids is 1. The smallest absolute Gasteiger partial charge is 0.224 e. The summed E-state index contributed by atoms with van der Waals surface area (Å²) in [4.78, 5) is 16.3. The molecule has 17 heavy (non-hydrogen) atoms. The van der Waals surface area contributed by atoms with Crippen molar-refractivity contribution in [2.45, 2.75) is 51.6 Å². The van der Waals surface area contributed by atoms with Gasteiger partial charge in [0.05, 0.1) is 0 Å². The number of nitrogens with zero attached hydrogens (tertiary/aromatic N) is 2. The number of carbonyl (C=O) groups is 1. The van der Waals surface area contributed by atoms with E-state index in [-0.39, 0.29) is 5.91 Å². The van der Waals surface area contributed by atoms with Crippen molar-refractivity contribution >= 4 is 5.91 Å². The van der Waals surface area contributed by atoms with Crippen molar-refractivity contribution in [1.82, 2.24) is 9.80 Å². The maximum Gasteiger partial charge on any atom is 0.224 e. The third-order valence-electron chi connectivity index (χ3n) is 3.42. The van der Waals surface area contributed by atoms with Crippen molar-refractivity contribution in [1.29, 1.82) is 0 Å². The molecular formula is C13H27N3O. The van der Waals surface area contributed by atoms with Gasteiger partial charge in [0.15, 0.2) is 0 Å². The summed E-state index contributed by atoms with van der Waals surface area (Å²) in [6.45, 7) is 9.06. The summed E-state index contributed by atoms with van der Waals surface area (Å²) in [6, 6.07) is 0.537. The lowest BCUT2D eigenvalue weighted by Gasteiger charge is -2.29. The van der Waals surface area contributed by atoms with Crippen molar-refractivity contribution in [2.24, 2.45) is 5.73 Å². The topological polar surface area (TPSA) is 49.6 Å². The minimum absolute atomic E-state index is 0.153. The van der Waals surface area contributed by atoms with Gasteiger partial charge in [-0.15, -0.1) is 0 Å². The second-order valence-corrected chi connectivity index (χ2v) is 5.86. The Morgan fingerprint density at radius 3 is 2.71 bits per heavy atom. The first kappa shape index (κ1) is 14.5. The molecule has 100 valence electrons. The van der Waals surface area contributed by atoms with E-state index in [2.05, 4.69) is 11.8 Å². The Balaban J connectivity index is 2.43. The van der Waals surface area contributed by atoms with Crippen LogP contribution in [0.5, 0.6) is 0 Å². The lowest BCUT2D eigenvalue weighted by atomic mass is 10.0. The minimum Gasteiger partial charge on any atom is -0.344 e. The van der Waals surface area contributed by atoms with E-state index in [1.165, 1.54) is 19.4 Å². The molecule has 1 heterocycles. The van der Waals surface area contributed by atoms with Crippen LogP contribution in [-0.2, 0) is 4.79 Å². The van der Waals surface area contributed by atoms with Gasteiger partial charge in [0.25, 0.3) is 0 Å². The number of nitrogens with two attached hydrogens (primary N) is 1. The van der Waals surface area contributed by atoms with E-state index in [9.17, 15) is 4.79 Å². The summed E-state index contributed by atoms with van der Waals surface area (Å²) in [6.07, 6.45) is 2.88. The average Bonchev–Trinajstić information content (AvgIpc) is 2.62. The first-order valence-electron chi connectivity index (χ1n) is 6.60. The van der Waals surface area contributed by atoms with Gasteiger partial charge in [0.1, 0.15) is 0 Å². The number of likely N-dealkylation sites (tertiary alicyclic amines) is 1. The molecule has 4 nitrogen and oxygen atoms in total. The van der Waals surface area contributed by atoms with Gasteiger partial charge in [-0.2, -0.15) is 0 Å². The largest absolute Gasteiger partial charge is 0.344 e. The summed E-state index contributed by atoms with van der Waals surface area (Å²) >= 11 is 0. The van der Waals surface area contributed by atoms with Crippen molar-refractivity contribution in [3.05, 3.63) is 0 Å². The van der Waals surface area contributed by atoms with Crippen LogP contribution in [0.2, 0.25) is 0 Å². The molecule has 1 aliphatic rings. The third kappa shape index (κ3) is 4.64. The molecule has 0 aromatic heterocycles. The predicted octanol–water partition coefficient (Wildman–Crippen LogP) is 1.06. The second kappa shape index (κ2) is 5.83. The van der Waals surface area contributed by atoms with Crippen LogP contribution >= 0.6 is 0 Å². The van der Waals surface area contributed by atoms with Gasteiger partial charge >= 0.3 is 0 Å². The molecule has 0 spiro atoms. The molecule has 0 aromatic rings. The fraction of sp³-hybridized carbons (Fsp3) is 0.923. The molecule has 0 aromatic carbocycles. The number of hydrogen-bond acceptors (Lipinski definition) is 3. The Bertz CT molecular complexity index is 260. The normalized spacial score (nSPS) is 21.8. The molecule has 1 fully saturated rings. The monoisotopic (exact) mass is 241 g/mol. The minimum atomic E-state index is -0.411. The fourth-order valence-corrected chi connectivity index (χ4v) is 2.46. The van der Waals surface area contributed by atoms with Crippen LogP contribution < -0.4 is 5.73 Å². The maximum atomic E-state index is 12.0. The zero-order chi connectivity index (χ0) is 13.1. The Labute approximate surface area is 105 Å². The Hall–Kier alpha value is -0.610. The van der Waals surface area contributed by atoms with Crippen molar-refractivity contribution in [2.75, 3.05) is 26.7 Å². The number of likely N-dealkylation sites (N-methyl/N-ethyl adjacent to an activating group) is 2. The molecular weight excluding hydrogens is 214 g/mol. The molecule has 0 bridgehead atoms. The van der Waals surface area contributed by atoms with Crippen LogP contribution in [0.1, 0.15) is 40.0 Å². The standard InChI is InChI=1S/C13H27N3O/c1-5-16-8-6-7-11(16)10-15(4)12(17)9-13(2,3)14/h11H,5-10,14H2,1-4H3. The SMILES string of the molecule is CCN1CCCC1CN(C)C(=O)CC(C)(C)N. The zero-order valence-electron chi connectivity index (χ0n) is 11.7. The Kier molecular flexibility index (Phi) is 4.95. The highest BCUT2D eigenvalue weighted by molar-refractivity contribution is 5.77. The van der Waals surface area contributed by atoms with E-state index < -0.39 is 5.54 Å². The van der Waals surface area contributed by atoms with Crippen LogP contribution in [0.4, 0.5) is 0 Å². The summed E-state index contributed by atoms with van der Waals surface area (Å²) in [5.74, 6) is 0.153. The van der Waals surface area contributed by atoms with Crippen LogP contribution in [0.3, 0.4) is 0 Å². The lowest BCUT2D eigenvalue weighted by molar-refractivity contribution is -0.131. The van der Waals surface area contributed by atoms with E-state index in [0.717, 1.165) is 13.1 Å². The van der Waals surface area contributed by atoms with Gasteiger partial charge in [-0.25, -0.2) is 0 Å². The van der Waals surface area contributed by atoms with Gasteiger partial charge < -0.3 is 10.6 Å². The highest BCUT2D eigenvalue weighted by Crippen LogP contribution is 2.18.